The van der Waals surface area contributed by atoms with Crippen LogP contribution in [0.3, 0.4) is 0 Å². The summed E-state index contributed by atoms with van der Waals surface area (Å²) in [6.07, 6.45) is 3.34. The van der Waals surface area contributed by atoms with Gasteiger partial charge in [-0.05, 0) is 154 Å². The molecule has 2 aromatic heterocycles. The third kappa shape index (κ3) is 9.03. The lowest BCUT2D eigenvalue weighted by Gasteiger charge is -2.11. The van der Waals surface area contributed by atoms with Crippen molar-refractivity contribution in [1.29, 1.82) is 0 Å². The SMILES string of the molecule is Cn1cnc(-c2ccc3c4ccccc4c4ccccc4c3c2)n1.O=C(O)c1ccc2c3ccccc3c3ccccc3c2c1.c1ccc2c(c1)c1ccccc1c1cc(-c3ccon3)ccc21.c1ccc2c(c1)c1ccccc1c1ccccc21. The van der Waals surface area contributed by atoms with Crippen LogP contribution >= 0.6 is 0 Å². The quantitative estimate of drug-likeness (QED) is 0.177. The van der Waals surface area contributed by atoms with Gasteiger partial charge in [-0.1, -0.05) is 254 Å². The Morgan fingerprint density at radius 2 is 0.593 bits per heavy atom. The van der Waals surface area contributed by atoms with Crippen LogP contribution in [0.5, 0.6) is 0 Å². The molecule has 2 heterocycles. The number of carboxylic acids is 1. The molecule has 0 atom stereocenters. The van der Waals surface area contributed by atoms with Crippen molar-refractivity contribution in [3.05, 3.63) is 297 Å². The largest absolute Gasteiger partial charge is 0.478 e. The van der Waals surface area contributed by atoms with Crippen molar-refractivity contribution < 1.29 is 14.4 Å². The zero-order valence-electron chi connectivity index (χ0n) is 46.8. The van der Waals surface area contributed by atoms with Crippen molar-refractivity contribution in [3.8, 4) is 22.6 Å². The topological polar surface area (TPSA) is 94.0 Å². The molecule has 0 bridgehead atoms. The van der Waals surface area contributed by atoms with E-state index in [9.17, 15) is 9.90 Å². The zero-order chi connectivity index (χ0) is 57.7. The number of rotatable bonds is 3. The molecule has 0 unspecified atom stereocenters. The van der Waals surface area contributed by atoms with E-state index < -0.39 is 5.97 Å². The number of carbonyl (C=O) groups is 1. The average molecular weight is 1110 g/mol. The average Bonchev–Trinajstić information content (AvgIpc) is 1.94. The van der Waals surface area contributed by atoms with Crippen LogP contribution in [0.1, 0.15) is 10.4 Å². The van der Waals surface area contributed by atoms with Crippen molar-refractivity contribution in [1.82, 2.24) is 19.9 Å². The molecule has 16 aromatic carbocycles. The molecule has 0 spiro atoms. The molecule has 7 nitrogen and oxygen atoms in total. The number of hydrogen-bond acceptors (Lipinski definition) is 5. The minimum atomic E-state index is -0.894. The number of aromatic nitrogens is 4. The fraction of sp³-hybridized carbons (Fsp3) is 0.0127. The van der Waals surface area contributed by atoms with Crippen LogP contribution in [0.2, 0.25) is 0 Å². The van der Waals surface area contributed by atoms with Gasteiger partial charge in [0.1, 0.15) is 18.3 Å². The molecule has 0 radical (unpaired) electrons. The smallest absolute Gasteiger partial charge is 0.335 e. The van der Waals surface area contributed by atoms with Gasteiger partial charge < -0.3 is 9.63 Å². The fourth-order valence-electron chi connectivity index (χ4n) is 12.8. The van der Waals surface area contributed by atoms with Gasteiger partial charge in [0.05, 0.1) is 5.56 Å². The maximum atomic E-state index is 11.2. The summed E-state index contributed by atoms with van der Waals surface area (Å²) in [6, 6.07) is 97.0. The van der Waals surface area contributed by atoms with Crippen LogP contribution in [0.15, 0.2) is 296 Å². The first kappa shape index (κ1) is 51.3. The van der Waals surface area contributed by atoms with E-state index in [4.69, 9.17) is 4.52 Å². The Labute approximate surface area is 493 Å². The highest BCUT2D eigenvalue weighted by molar-refractivity contribution is 6.29. The standard InChI is InChI=1S/C21H15N3.C21H13NO.C19H12O2.C18H12/c1-24-13-22-21(23-24)14-10-11-19-17-8-3-2-6-15(17)16-7-4-5-9-18(16)20(19)12-14;1-2-7-17-15(5-1)16-6-3-4-8-18(16)20-13-14(9-10-19(17)20)21-11-12-23-22-21;20-19(21)12-9-10-17-15-7-2-1-5-13(15)14-6-3-4-8-16(14)18(17)11-12;1-2-8-14-13(7-1)15-9-3-4-11-17(15)18-12-6-5-10-16(14)18/h2-13H,1H3;1-13H;1-11H,(H,20,21);1-12H. The van der Waals surface area contributed by atoms with Crippen LogP contribution in [-0.4, -0.2) is 31.0 Å². The first-order valence-corrected chi connectivity index (χ1v) is 28.7. The van der Waals surface area contributed by atoms with Gasteiger partial charge in [-0.2, -0.15) is 5.10 Å². The highest BCUT2D eigenvalue weighted by Gasteiger charge is 2.15. The minimum Gasteiger partial charge on any atom is -0.478 e. The third-order valence-corrected chi connectivity index (χ3v) is 16.7. The molecule has 406 valence electrons. The lowest BCUT2D eigenvalue weighted by molar-refractivity contribution is 0.0697. The Bertz CT molecular complexity index is 5350. The number of aryl methyl sites for hydroxylation is 1. The van der Waals surface area contributed by atoms with Crippen LogP contribution in [-0.2, 0) is 7.05 Å². The summed E-state index contributed by atoms with van der Waals surface area (Å²) < 4.78 is 6.72. The minimum absolute atomic E-state index is 0.322. The Kier molecular flexibility index (Phi) is 12.9. The number of hydrogen-bond donors (Lipinski definition) is 1. The van der Waals surface area contributed by atoms with Gasteiger partial charge in [0, 0.05) is 24.2 Å². The van der Waals surface area contributed by atoms with Gasteiger partial charge in [0.25, 0.3) is 0 Å². The lowest BCUT2D eigenvalue weighted by Crippen LogP contribution is -1.95. The van der Waals surface area contributed by atoms with Crippen molar-refractivity contribution in [3.63, 3.8) is 0 Å². The Hall–Kier alpha value is -11.5. The zero-order valence-corrected chi connectivity index (χ0v) is 46.8. The number of benzene rings is 16. The van der Waals surface area contributed by atoms with Gasteiger partial charge in [-0.15, -0.1) is 0 Å². The van der Waals surface area contributed by atoms with Crippen molar-refractivity contribution in [2.24, 2.45) is 7.05 Å². The molecule has 0 saturated heterocycles. The molecule has 0 amide bonds. The predicted molar refractivity (Wildman–Crippen MR) is 358 cm³/mol. The Morgan fingerprint density at radius 1 is 0.326 bits per heavy atom. The van der Waals surface area contributed by atoms with E-state index in [1.807, 2.05) is 43.4 Å². The molecule has 0 aliphatic rings. The van der Waals surface area contributed by atoms with Crippen molar-refractivity contribution in [2.45, 2.75) is 0 Å². The van der Waals surface area contributed by atoms with Crippen LogP contribution < -0.4 is 0 Å². The van der Waals surface area contributed by atoms with E-state index in [-0.39, 0.29) is 0 Å². The van der Waals surface area contributed by atoms with Gasteiger partial charge >= 0.3 is 5.97 Å². The summed E-state index contributed by atoms with van der Waals surface area (Å²) >= 11 is 0. The molecule has 0 aliphatic heterocycles. The normalized spacial score (nSPS) is 11.4. The number of fused-ring (bicyclic) bond motifs is 24. The molecular formula is C79H52N4O3. The van der Waals surface area contributed by atoms with Crippen molar-refractivity contribution >= 4 is 135 Å². The third-order valence-electron chi connectivity index (χ3n) is 16.7. The predicted octanol–water partition coefficient (Wildman–Crippen LogP) is 20.7. The highest BCUT2D eigenvalue weighted by Crippen LogP contribution is 2.40. The summed E-state index contributed by atoms with van der Waals surface area (Å²) in [7, 11) is 1.89. The monoisotopic (exact) mass is 1100 g/mol. The number of aromatic carboxylic acids is 1. The van der Waals surface area contributed by atoms with Gasteiger partial charge in [-0.25, -0.2) is 9.78 Å². The molecule has 1 N–H and O–H groups in total. The molecule has 18 aromatic rings. The molecule has 7 heteroatoms. The summed E-state index contributed by atoms with van der Waals surface area (Å²) in [5, 5.41) is 47.7. The molecule has 0 fully saturated rings. The first-order valence-electron chi connectivity index (χ1n) is 28.7. The summed E-state index contributed by atoms with van der Waals surface area (Å²) in [4.78, 5) is 15.6. The number of carboxylic acid groups (broad SMARTS) is 1. The summed E-state index contributed by atoms with van der Waals surface area (Å²) in [6.45, 7) is 0. The Morgan fingerprint density at radius 3 is 0.872 bits per heavy atom. The van der Waals surface area contributed by atoms with Crippen LogP contribution in [0.4, 0.5) is 0 Å². The van der Waals surface area contributed by atoms with Gasteiger partial charge in [0.15, 0.2) is 5.82 Å². The fourth-order valence-corrected chi connectivity index (χ4v) is 12.8. The maximum Gasteiger partial charge on any atom is 0.335 e. The van der Waals surface area contributed by atoms with E-state index in [1.165, 1.54) is 102 Å². The molecule has 18 rings (SSSR count). The summed E-state index contributed by atoms with van der Waals surface area (Å²) in [5.41, 5.74) is 3.31. The second-order valence-corrected chi connectivity index (χ2v) is 21.6. The van der Waals surface area contributed by atoms with Crippen molar-refractivity contribution in [2.75, 3.05) is 0 Å². The van der Waals surface area contributed by atoms with Gasteiger partial charge in [0.2, 0.25) is 0 Å². The summed E-state index contributed by atoms with van der Waals surface area (Å²) in [5.74, 6) is -0.134. The lowest BCUT2D eigenvalue weighted by atomic mass is 9.93. The van der Waals surface area contributed by atoms with Gasteiger partial charge in [-0.3, -0.25) is 4.68 Å². The second-order valence-electron chi connectivity index (χ2n) is 21.6. The first-order chi connectivity index (χ1) is 42.4. The highest BCUT2D eigenvalue weighted by atomic mass is 16.5. The molecule has 0 aliphatic carbocycles. The molecule has 0 saturated carbocycles. The number of nitrogens with zero attached hydrogens (tertiary/aromatic N) is 4. The second kappa shape index (κ2) is 21.7. The van der Waals surface area contributed by atoms with Crippen LogP contribution in [0, 0.1) is 0 Å². The molecular weight excluding hydrogens is 1050 g/mol. The van der Waals surface area contributed by atoms with E-state index >= 15 is 0 Å². The maximum absolute atomic E-state index is 11.2. The van der Waals surface area contributed by atoms with Crippen LogP contribution in [0.25, 0.3) is 152 Å². The van der Waals surface area contributed by atoms with E-state index in [1.54, 1.807) is 29.4 Å². The Balaban J connectivity index is 0.0000000974. The van der Waals surface area contributed by atoms with E-state index in [2.05, 4.69) is 246 Å². The molecule has 86 heavy (non-hydrogen) atoms. The van der Waals surface area contributed by atoms with E-state index in [0.29, 0.717) is 5.56 Å². The van der Waals surface area contributed by atoms with E-state index in [0.717, 1.165) is 49.6 Å².